The molecule has 17 heavy (non-hydrogen) atoms. The summed E-state index contributed by atoms with van der Waals surface area (Å²) in [4.78, 5) is 2.50. The summed E-state index contributed by atoms with van der Waals surface area (Å²) >= 11 is 2.11. The summed E-state index contributed by atoms with van der Waals surface area (Å²) in [5.74, 6) is 2.61. The molecule has 0 aliphatic carbocycles. The fourth-order valence-corrected chi connectivity index (χ4v) is 2.78. The van der Waals surface area contributed by atoms with Gasteiger partial charge in [-0.15, -0.1) is 0 Å². The molecular formula is C14H32N2S. The Bertz CT molecular complexity index is 149. The van der Waals surface area contributed by atoms with E-state index in [4.69, 9.17) is 0 Å². The van der Waals surface area contributed by atoms with Gasteiger partial charge in [-0.3, -0.25) is 0 Å². The molecule has 1 atom stereocenters. The zero-order chi connectivity index (χ0) is 12.9. The van der Waals surface area contributed by atoms with Crippen LogP contribution in [0.15, 0.2) is 0 Å². The van der Waals surface area contributed by atoms with Crippen LogP contribution in [-0.4, -0.2) is 48.6 Å². The summed E-state index contributed by atoms with van der Waals surface area (Å²) < 4.78 is 0. The summed E-state index contributed by atoms with van der Waals surface area (Å²) in [5.41, 5.74) is 0. The monoisotopic (exact) mass is 260 g/mol. The van der Waals surface area contributed by atoms with Crippen LogP contribution in [0.25, 0.3) is 0 Å². The Morgan fingerprint density at radius 2 is 1.82 bits per heavy atom. The van der Waals surface area contributed by atoms with Crippen LogP contribution in [0.3, 0.4) is 0 Å². The third kappa shape index (κ3) is 11.1. The Labute approximate surface area is 113 Å². The average molecular weight is 260 g/mol. The maximum Gasteiger partial charge on any atom is 0.00721 e. The quantitative estimate of drug-likeness (QED) is 0.542. The van der Waals surface area contributed by atoms with E-state index >= 15 is 0 Å². The Hall–Kier alpha value is 0.270. The highest BCUT2D eigenvalue weighted by molar-refractivity contribution is 7.99. The van der Waals surface area contributed by atoms with Gasteiger partial charge in [0.05, 0.1) is 0 Å². The lowest BCUT2D eigenvalue weighted by atomic mass is 10.2. The van der Waals surface area contributed by atoms with Crippen LogP contribution in [-0.2, 0) is 0 Å². The Kier molecular flexibility index (Phi) is 12.9. The van der Waals surface area contributed by atoms with E-state index < -0.39 is 0 Å². The van der Waals surface area contributed by atoms with E-state index in [1.54, 1.807) is 0 Å². The van der Waals surface area contributed by atoms with Crippen molar-refractivity contribution in [1.29, 1.82) is 0 Å². The molecule has 0 aliphatic rings. The van der Waals surface area contributed by atoms with E-state index in [9.17, 15) is 0 Å². The molecule has 1 unspecified atom stereocenters. The molecule has 0 heterocycles. The fourth-order valence-electron chi connectivity index (χ4n) is 1.82. The van der Waals surface area contributed by atoms with E-state index in [-0.39, 0.29) is 0 Å². The molecule has 0 aromatic carbocycles. The van der Waals surface area contributed by atoms with Crippen LogP contribution in [0.5, 0.6) is 0 Å². The van der Waals surface area contributed by atoms with Gasteiger partial charge in [0.1, 0.15) is 0 Å². The predicted molar refractivity (Wildman–Crippen MR) is 82.1 cm³/mol. The molecule has 3 heteroatoms. The maximum atomic E-state index is 3.54. The third-order valence-electron chi connectivity index (χ3n) is 3.11. The van der Waals surface area contributed by atoms with Gasteiger partial charge in [-0.25, -0.2) is 0 Å². The van der Waals surface area contributed by atoms with Crippen LogP contribution in [0.4, 0.5) is 0 Å². The zero-order valence-corrected chi connectivity index (χ0v) is 13.1. The molecule has 0 radical (unpaired) electrons. The van der Waals surface area contributed by atoms with Gasteiger partial charge in [-0.1, -0.05) is 20.8 Å². The van der Waals surface area contributed by atoms with Crippen molar-refractivity contribution < 1.29 is 0 Å². The summed E-state index contributed by atoms with van der Waals surface area (Å²) in [6.45, 7) is 13.8. The first-order chi connectivity index (χ1) is 8.24. The number of rotatable bonds is 12. The molecule has 0 fully saturated rings. The zero-order valence-electron chi connectivity index (χ0n) is 12.3. The second-order valence-electron chi connectivity index (χ2n) is 4.64. The second kappa shape index (κ2) is 12.7. The summed E-state index contributed by atoms with van der Waals surface area (Å²) in [5, 5.41) is 3.54. The highest BCUT2D eigenvalue weighted by Crippen LogP contribution is 2.07. The number of hydrogen-bond donors (Lipinski definition) is 1. The van der Waals surface area contributed by atoms with Gasteiger partial charge in [0.2, 0.25) is 0 Å². The summed E-state index contributed by atoms with van der Waals surface area (Å²) in [7, 11) is 0. The standard InChI is InChI=1S/C14H32N2S/c1-5-10-15-14(4)9-8-12-17-13-11-16(6-2)7-3/h14-15H,5-13H2,1-4H3. The number of nitrogens with one attached hydrogen (secondary N) is 1. The van der Waals surface area contributed by atoms with Crippen molar-refractivity contribution in [3.05, 3.63) is 0 Å². The van der Waals surface area contributed by atoms with E-state index in [2.05, 4.69) is 49.7 Å². The first-order valence-electron chi connectivity index (χ1n) is 7.28. The summed E-state index contributed by atoms with van der Waals surface area (Å²) in [6.07, 6.45) is 3.90. The van der Waals surface area contributed by atoms with Crippen molar-refractivity contribution in [2.75, 3.05) is 37.7 Å². The van der Waals surface area contributed by atoms with Crippen LogP contribution < -0.4 is 5.32 Å². The van der Waals surface area contributed by atoms with Crippen molar-refractivity contribution >= 4 is 11.8 Å². The molecule has 0 bridgehead atoms. The topological polar surface area (TPSA) is 15.3 Å². The molecule has 1 N–H and O–H groups in total. The lowest BCUT2D eigenvalue weighted by Gasteiger charge is -2.17. The van der Waals surface area contributed by atoms with Gasteiger partial charge in [0.15, 0.2) is 0 Å². The highest BCUT2D eigenvalue weighted by atomic mass is 32.2. The van der Waals surface area contributed by atoms with E-state index in [0.717, 1.165) is 6.54 Å². The molecule has 0 aromatic heterocycles. The van der Waals surface area contributed by atoms with E-state index in [1.807, 2.05) is 0 Å². The smallest absolute Gasteiger partial charge is 0.00721 e. The molecule has 0 saturated heterocycles. The third-order valence-corrected chi connectivity index (χ3v) is 4.16. The lowest BCUT2D eigenvalue weighted by molar-refractivity contribution is 0.324. The SMILES string of the molecule is CCCNC(C)CCCSCCN(CC)CC. The van der Waals surface area contributed by atoms with Crippen LogP contribution in [0.1, 0.15) is 47.0 Å². The molecule has 2 nitrogen and oxygen atoms in total. The molecule has 0 amide bonds. The van der Waals surface area contributed by atoms with Crippen molar-refractivity contribution in [3.8, 4) is 0 Å². The Morgan fingerprint density at radius 3 is 2.41 bits per heavy atom. The highest BCUT2D eigenvalue weighted by Gasteiger charge is 2.01. The number of thioether (sulfide) groups is 1. The average Bonchev–Trinajstić information content (AvgIpc) is 2.35. The maximum absolute atomic E-state index is 3.54. The predicted octanol–water partition coefficient (Wildman–Crippen LogP) is 3.23. The Balaban J connectivity index is 3.22. The normalized spacial score (nSPS) is 13.2. The minimum absolute atomic E-state index is 0.693. The first kappa shape index (κ1) is 17.3. The van der Waals surface area contributed by atoms with Gasteiger partial charge in [-0.2, -0.15) is 11.8 Å². The van der Waals surface area contributed by atoms with Gasteiger partial charge in [-0.05, 0) is 51.6 Å². The lowest BCUT2D eigenvalue weighted by Crippen LogP contribution is -2.27. The molecular weight excluding hydrogens is 228 g/mol. The largest absolute Gasteiger partial charge is 0.314 e. The minimum atomic E-state index is 0.693. The molecule has 0 rings (SSSR count). The number of hydrogen-bond acceptors (Lipinski definition) is 3. The number of nitrogens with zero attached hydrogens (tertiary/aromatic N) is 1. The van der Waals surface area contributed by atoms with Crippen molar-refractivity contribution in [3.63, 3.8) is 0 Å². The second-order valence-corrected chi connectivity index (χ2v) is 5.86. The molecule has 0 aliphatic heterocycles. The van der Waals surface area contributed by atoms with Crippen LogP contribution in [0, 0.1) is 0 Å². The van der Waals surface area contributed by atoms with Gasteiger partial charge in [0.25, 0.3) is 0 Å². The van der Waals surface area contributed by atoms with E-state index in [0.29, 0.717) is 6.04 Å². The van der Waals surface area contributed by atoms with Crippen LogP contribution >= 0.6 is 11.8 Å². The summed E-state index contributed by atoms with van der Waals surface area (Å²) in [6, 6.07) is 0.693. The van der Waals surface area contributed by atoms with E-state index in [1.165, 1.54) is 50.4 Å². The minimum Gasteiger partial charge on any atom is -0.314 e. The molecule has 0 spiro atoms. The van der Waals surface area contributed by atoms with Crippen molar-refractivity contribution in [2.45, 2.75) is 53.0 Å². The van der Waals surface area contributed by atoms with Crippen LogP contribution in [0.2, 0.25) is 0 Å². The first-order valence-corrected chi connectivity index (χ1v) is 8.43. The molecule has 104 valence electrons. The molecule has 0 saturated carbocycles. The fraction of sp³-hybridized carbons (Fsp3) is 1.00. The van der Waals surface area contributed by atoms with Gasteiger partial charge >= 0.3 is 0 Å². The van der Waals surface area contributed by atoms with Crippen molar-refractivity contribution in [1.82, 2.24) is 10.2 Å². The molecule has 0 aromatic rings. The Morgan fingerprint density at radius 1 is 1.12 bits per heavy atom. The van der Waals surface area contributed by atoms with Crippen molar-refractivity contribution in [2.24, 2.45) is 0 Å². The van der Waals surface area contributed by atoms with Gasteiger partial charge in [0, 0.05) is 18.3 Å². The van der Waals surface area contributed by atoms with Gasteiger partial charge < -0.3 is 10.2 Å².